The van der Waals surface area contributed by atoms with Gasteiger partial charge in [0.05, 0.1) is 31.3 Å². The van der Waals surface area contributed by atoms with E-state index in [0.717, 1.165) is 33.6 Å². The van der Waals surface area contributed by atoms with Gasteiger partial charge in [0.2, 0.25) is 0 Å². The summed E-state index contributed by atoms with van der Waals surface area (Å²) in [7, 11) is 3.25. The molecule has 8 heteroatoms. The molecule has 42 heavy (non-hydrogen) atoms. The first kappa shape index (κ1) is 28.9. The van der Waals surface area contributed by atoms with Crippen LogP contribution in [0.3, 0.4) is 0 Å². The Labute approximate surface area is 250 Å². The topological polar surface area (TPSA) is 74.9 Å². The van der Waals surface area contributed by atoms with Crippen LogP contribution in [0.25, 0.3) is 22.3 Å². The number of para-hydroxylation sites is 1. The minimum absolute atomic E-state index is 0.205. The number of halogens is 1. The van der Waals surface area contributed by atoms with Crippen molar-refractivity contribution >= 4 is 28.7 Å². The van der Waals surface area contributed by atoms with Gasteiger partial charge in [0.15, 0.2) is 17.3 Å². The molecule has 0 amide bonds. The molecule has 7 nitrogen and oxygen atoms in total. The molecule has 0 N–H and O–H groups in total. The smallest absolute Gasteiger partial charge is 0.282 e. The van der Waals surface area contributed by atoms with Crippen LogP contribution in [0.4, 0.5) is 0 Å². The Morgan fingerprint density at radius 1 is 0.929 bits per heavy atom. The van der Waals surface area contributed by atoms with E-state index in [-0.39, 0.29) is 11.5 Å². The van der Waals surface area contributed by atoms with E-state index in [1.54, 1.807) is 26.5 Å². The summed E-state index contributed by atoms with van der Waals surface area (Å²) in [6.07, 6.45) is 1.62. The fourth-order valence-corrected chi connectivity index (χ4v) is 4.85. The predicted octanol–water partition coefficient (Wildman–Crippen LogP) is 7.63. The number of benzene rings is 4. The lowest BCUT2D eigenvalue weighted by molar-refractivity contribution is 0.284. The summed E-state index contributed by atoms with van der Waals surface area (Å²) < 4.78 is 18.6. The zero-order chi connectivity index (χ0) is 29.8. The second kappa shape index (κ2) is 12.5. The summed E-state index contributed by atoms with van der Waals surface area (Å²) in [5.41, 5.74) is 4.81. The van der Waals surface area contributed by atoms with E-state index >= 15 is 0 Å². The number of aryl methyl sites for hydroxylation is 1. The number of fused-ring (bicyclic) bond motifs is 1. The molecule has 1 heterocycles. The first-order chi connectivity index (χ1) is 20.3. The van der Waals surface area contributed by atoms with E-state index in [1.165, 1.54) is 4.68 Å². The highest BCUT2D eigenvalue weighted by Crippen LogP contribution is 2.34. The van der Waals surface area contributed by atoms with Crippen LogP contribution >= 0.6 is 11.6 Å². The maximum atomic E-state index is 13.7. The van der Waals surface area contributed by atoms with E-state index in [9.17, 15) is 4.79 Å². The maximum absolute atomic E-state index is 13.7. The number of rotatable bonds is 9. The van der Waals surface area contributed by atoms with Crippen LogP contribution in [-0.4, -0.2) is 30.1 Å². The monoisotopic (exact) mass is 581 g/mol. The normalized spacial score (nSPS) is 11.4. The second-order valence-corrected chi connectivity index (χ2v) is 10.6. The van der Waals surface area contributed by atoms with Gasteiger partial charge in [-0.1, -0.05) is 49.7 Å². The Morgan fingerprint density at radius 2 is 1.67 bits per heavy atom. The van der Waals surface area contributed by atoms with E-state index < -0.39 is 0 Å². The molecule has 0 aliphatic heterocycles. The Bertz CT molecular complexity index is 1830. The van der Waals surface area contributed by atoms with Gasteiger partial charge < -0.3 is 14.2 Å². The third-order valence-electron chi connectivity index (χ3n) is 7.01. The SMILES string of the molecule is COc1cc(C=Nn2c(-c3cc(C(C)C)c(OC)cc3C)nc3ccccc3c2=O)ccc1OCc1ccc(Cl)cc1. The van der Waals surface area contributed by atoms with Gasteiger partial charge in [-0.05, 0) is 89.7 Å². The van der Waals surface area contributed by atoms with Crippen LogP contribution in [0, 0.1) is 6.92 Å². The number of methoxy groups -OCH3 is 2. The van der Waals surface area contributed by atoms with Crippen LogP contribution in [0.1, 0.15) is 42.0 Å². The molecule has 0 aliphatic rings. The lowest BCUT2D eigenvalue weighted by Crippen LogP contribution is -2.20. The molecule has 0 atom stereocenters. The standard InChI is InChI=1S/C34H32ClN3O4/c1-21(2)27-18-28(22(3)16-31(27)40-4)33-37-29-9-7-6-8-26(29)34(39)38(33)36-19-24-12-15-30(32(17-24)41-5)42-20-23-10-13-25(35)14-11-23/h6-19,21H,20H2,1-5H3. The highest BCUT2D eigenvalue weighted by Gasteiger charge is 2.18. The highest BCUT2D eigenvalue weighted by molar-refractivity contribution is 6.30. The summed E-state index contributed by atoms with van der Waals surface area (Å²) >= 11 is 5.99. The average Bonchev–Trinajstić information content (AvgIpc) is 3.00. The number of hydrogen-bond acceptors (Lipinski definition) is 6. The van der Waals surface area contributed by atoms with Crippen LogP contribution < -0.4 is 19.8 Å². The quantitative estimate of drug-likeness (QED) is 0.167. The molecule has 5 rings (SSSR count). The molecule has 0 saturated carbocycles. The molecule has 4 aromatic carbocycles. The molecule has 0 bridgehead atoms. The predicted molar refractivity (Wildman–Crippen MR) is 169 cm³/mol. The summed E-state index contributed by atoms with van der Waals surface area (Å²) in [6.45, 7) is 6.55. The number of ether oxygens (including phenoxy) is 3. The van der Waals surface area contributed by atoms with E-state index in [2.05, 4.69) is 18.9 Å². The van der Waals surface area contributed by atoms with Crippen molar-refractivity contribution in [2.75, 3.05) is 14.2 Å². The highest BCUT2D eigenvalue weighted by atomic mass is 35.5. The third kappa shape index (κ3) is 6.02. The van der Waals surface area contributed by atoms with Gasteiger partial charge in [0, 0.05) is 10.6 Å². The van der Waals surface area contributed by atoms with Crippen molar-refractivity contribution in [1.82, 2.24) is 9.66 Å². The lowest BCUT2D eigenvalue weighted by Gasteiger charge is -2.17. The summed E-state index contributed by atoms with van der Waals surface area (Å²) in [5.74, 6) is 2.59. The number of nitrogens with zero attached hydrogens (tertiary/aromatic N) is 3. The lowest BCUT2D eigenvalue weighted by atomic mass is 9.96. The molecule has 0 saturated heterocycles. The molecule has 0 unspecified atom stereocenters. The van der Waals surface area contributed by atoms with E-state index in [1.807, 2.05) is 79.7 Å². The minimum atomic E-state index is -0.261. The van der Waals surface area contributed by atoms with E-state index in [4.69, 9.17) is 30.8 Å². The van der Waals surface area contributed by atoms with Crippen LogP contribution in [-0.2, 0) is 6.61 Å². The first-order valence-corrected chi connectivity index (χ1v) is 14.0. The van der Waals surface area contributed by atoms with Gasteiger partial charge >= 0.3 is 0 Å². The van der Waals surface area contributed by atoms with Crippen LogP contribution in [0.2, 0.25) is 5.02 Å². The second-order valence-electron chi connectivity index (χ2n) is 10.2. The molecule has 0 aliphatic carbocycles. The fraction of sp³-hybridized carbons (Fsp3) is 0.206. The largest absolute Gasteiger partial charge is 0.496 e. The maximum Gasteiger partial charge on any atom is 0.282 e. The molecule has 0 spiro atoms. The van der Waals surface area contributed by atoms with Gasteiger partial charge in [-0.15, -0.1) is 0 Å². The Morgan fingerprint density at radius 3 is 2.38 bits per heavy atom. The first-order valence-electron chi connectivity index (χ1n) is 13.6. The average molecular weight is 582 g/mol. The van der Waals surface area contributed by atoms with Crippen molar-refractivity contribution in [3.05, 3.63) is 116 Å². The molecule has 5 aromatic rings. The Balaban J connectivity index is 1.55. The number of aromatic nitrogens is 2. The molecular weight excluding hydrogens is 550 g/mol. The fourth-order valence-electron chi connectivity index (χ4n) is 4.72. The van der Waals surface area contributed by atoms with Gasteiger partial charge in [0.1, 0.15) is 12.4 Å². The Hall–Kier alpha value is -4.62. The van der Waals surface area contributed by atoms with Crippen molar-refractivity contribution in [2.45, 2.75) is 33.3 Å². The molecule has 1 aromatic heterocycles. The zero-order valence-electron chi connectivity index (χ0n) is 24.2. The molecule has 0 fully saturated rings. The zero-order valence-corrected chi connectivity index (χ0v) is 25.0. The van der Waals surface area contributed by atoms with Crippen molar-refractivity contribution in [2.24, 2.45) is 5.10 Å². The molecule has 214 valence electrons. The summed E-state index contributed by atoms with van der Waals surface area (Å²) in [5, 5.41) is 5.80. The van der Waals surface area contributed by atoms with Gasteiger partial charge in [-0.25, -0.2) is 4.98 Å². The van der Waals surface area contributed by atoms with Crippen molar-refractivity contribution in [1.29, 1.82) is 0 Å². The summed E-state index contributed by atoms with van der Waals surface area (Å²) in [6, 6.07) is 24.3. The molecule has 0 radical (unpaired) electrons. The Kier molecular flexibility index (Phi) is 8.59. The van der Waals surface area contributed by atoms with Crippen molar-refractivity contribution < 1.29 is 14.2 Å². The minimum Gasteiger partial charge on any atom is -0.496 e. The van der Waals surface area contributed by atoms with Gasteiger partial charge in [-0.3, -0.25) is 4.79 Å². The van der Waals surface area contributed by atoms with Crippen molar-refractivity contribution in [3.8, 4) is 28.6 Å². The van der Waals surface area contributed by atoms with Crippen LogP contribution in [0.15, 0.2) is 88.8 Å². The van der Waals surface area contributed by atoms with E-state index in [0.29, 0.717) is 39.9 Å². The third-order valence-corrected chi connectivity index (χ3v) is 7.26. The summed E-state index contributed by atoms with van der Waals surface area (Å²) in [4.78, 5) is 18.6. The number of hydrogen-bond donors (Lipinski definition) is 0. The van der Waals surface area contributed by atoms with Gasteiger partial charge in [-0.2, -0.15) is 9.78 Å². The van der Waals surface area contributed by atoms with Crippen LogP contribution in [0.5, 0.6) is 17.2 Å². The van der Waals surface area contributed by atoms with Gasteiger partial charge in [0.25, 0.3) is 5.56 Å². The molecular formula is C34H32ClN3O4. The van der Waals surface area contributed by atoms with Crippen molar-refractivity contribution in [3.63, 3.8) is 0 Å².